The first-order valence-electron chi connectivity index (χ1n) is 13.2. The average molecular weight is 532 g/mol. The number of carbonyl (C=O) groups excluding carboxylic acids is 1. The molecule has 1 spiro atoms. The van der Waals surface area contributed by atoms with Gasteiger partial charge in [0.2, 0.25) is 5.91 Å². The first-order valence-corrected chi connectivity index (χ1v) is 13.2. The van der Waals surface area contributed by atoms with Gasteiger partial charge < -0.3 is 20.2 Å². The predicted octanol–water partition coefficient (Wildman–Crippen LogP) is 4.92. The maximum Gasteiger partial charge on any atom is 0.416 e. The minimum atomic E-state index is -4.39. The SMILES string of the molecule is O=C(/C=C/c1ccc(C(F)(F)F)cc1)N1CCC(C(O)CN2CCC3(CC2)CNc2ccc(F)cc23)CC1. The molecule has 0 aliphatic carbocycles. The molecular weight excluding hydrogens is 498 g/mol. The second-order valence-electron chi connectivity index (χ2n) is 10.8. The van der Waals surface area contributed by atoms with Gasteiger partial charge in [-0.3, -0.25) is 4.79 Å². The molecule has 5 nitrogen and oxygen atoms in total. The lowest BCUT2D eigenvalue weighted by molar-refractivity contribution is -0.137. The Bertz CT molecular complexity index is 1170. The van der Waals surface area contributed by atoms with E-state index in [9.17, 15) is 27.5 Å². The molecule has 3 heterocycles. The fourth-order valence-electron chi connectivity index (χ4n) is 6.05. The molecule has 0 saturated carbocycles. The Morgan fingerprint density at radius 2 is 1.76 bits per heavy atom. The van der Waals surface area contributed by atoms with Crippen LogP contribution in [0.15, 0.2) is 48.5 Å². The van der Waals surface area contributed by atoms with Crippen LogP contribution in [0.4, 0.5) is 23.2 Å². The van der Waals surface area contributed by atoms with Gasteiger partial charge in [0.05, 0.1) is 11.7 Å². The van der Waals surface area contributed by atoms with Crippen LogP contribution >= 0.6 is 0 Å². The van der Waals surface area contributed by atoms with Crippen molar-refractivity contribution in [1.82, 2.24) is 9.80 Å². The van der Waals surface area contributed by atoms with Crippen molar-refractivity contribution < 1.29 is 27.5 Å². The van der Waals surface area contributed by atoms with E-state index in [0.717, 1.165) is 55.9 Å². The van der Waals surface area contributed by atoms with Crippen LogP contribution in [0.5, 0.6) is 0 Å². The number of rotatable bonds is 5. The summed E-state index contributed by atoms with van der Waals surface area (Å²) in [4.78, 5) is 16.6. The maximum absolute atomic E-state index is 13.9. The zero-order valence-corrected chi connectivity index (χ0v) is 21.2. The van der Waals surface area contributed by atoms with Gasteiger partial charge >= 0.3 is 6.18 Å². The highest BCUT2D eigenvalue weighted by atomic mass is 19.4. The van der Waals surface area contributed by atoms with E-state index >= 15 is 0 Å². The van der Waals surface area contributed by atoms with E-state index in [2.05, 4.69) is 10.2 Å². The fraction of sp³-hybridized carbons (Fsp3) is 0.483. The van der Waals surface area contributed by atoms with E-state index in [1.54, 1.807) is 11.0 Å². The first-order chi connectivity index (χ1) is 18.1. The van der Waals surface area contributed by atoms with Gasteiger partial charge in [0, 0.05) is 43.4 Å². The van der Waals surface area contributed by atoms with Gasteiger partial charge in [-0.1, -0.05) is 12.1 Å². The number of nitrogens with one attached hydrogen (secondary N) is 1. The van der Waals surface area contributed by atoms with Gasteiger partial charge in [-0.05, 0) is 92.2 Å². The van der Waals surface area contributed by atoms with Crippen molar-refractivity contribution in [3.8, 4) is 0 Å². The topological polar surface area (TPSA) is 55.8 Å². The summed E-state index contributed by atoms with van der Waals surface area (Å²) in [5.41, 5.74) is 1.86. The Morgan fingerprint density at radius 3 is 2.42 bits per heavy atom. The number of likely N-dealkylation sites (tertiary alicyclic amines) is 2. The molecule has 2 fully saturated rings. The van der Waals surface area contributed by atoms with E-state index in [4.69, 9.17) is 0 Å². The maximum atomic E-state index is 13.9. The lowest BCUT2D eigenvalue weighted by Crippen LogP contribution is -2.48. The summed E-state index contributed by atoms with van der Waals surface area (Å²) in [5.74, 6) is -0.276. The summed E-state index contributed by atoms with van der Waals surface area (Å²) in [7, 11) is 0. The van der Waals surface area contributed by atoms with E-state index in [1.807, 2.05) is 6.07 Å². The highest BCUT2D eigenvalue weighted by Gasteiger charge is 2.42. The van der Waals surface area contributed by atoms with E-state index in [1.165, 1.54) is 30.4 Å². The van der Waals surface area contributed by atoms with Crippen LogP contribution in [-0.2, 0) is 16.4 Å². The number of nitrogens with zero attached hydrogens (tertiary/aromatic N) is 2. The molecule has 0 aromatic heterocycles. The summed E-state index contributed by atoms with van der Waals surface area (Å²) in [6, 6.07) is 9.66. The van der Waals surface area contributed by atoms with E-state index < -0.39 is 17.8 Å². The number of aliphatic hydroxyl groups excluding tert-OH is 1. The van der Waals surface area contributed by atoms with Crippen LogP contribution in [-0.4, -0.2) is 66.2 Å². The number of anilines is 1. The molecule has 2 N–H and O–H groups in total. The number of alkyl halides is 3. The average Bonchev–Trinajstić information content (AvgIpc) is 3.25. The molecule has 3 aliphatic heterocycles. The lowest BCUT2D eigenvalue weighted by Gasteiger charge is -2.41. The second kappa shape index (κ2) is 10.7. The Labute approximate surface area is 220 Å². The minimum absolute atomic E-state index is 0.0432. The van der Waals surface area contributed by atoms with Crippen molar-refractivity contribution in [2.75, 3.05) is 44.6 Å². The highest BCUT2D eigenvalue weighted by molar-refractivity contribution is 5.91. The standard InChI is InChI=1S/C29H33F4N3O2/c30-23-6-7-25-24(17-23)28(19-34-25)11-15-35(16-12-28)18-26(37)21-9-13-36(14-10-21)27(38)8-3-20-1-4-22(5-2-20)29(31,32)33/h1-8,17,21,26,34,37H,9-16,18-19H2/b8-3+. The largest absolute Gasteiger partial charge is 0.416 e. The molecule has 0 radical (unpaired) electrons. The number of benzene rings is 2. The van der Waals surface area contributed by atoms with Gasteiger partial charge in [-0.15, -0.1) is 0 Å². The summed E-state index contributed by atoms with van der Waals surface area (Å²) < 4.78 is 52.0. The second-order valence-corrected chi connectivity index (χ2v) is 10.8. The zero-order valence-electron chi connectivity index (χ0n) is 21.2. The van der Waals surface area contributed by atoms with Crippen LogP contribution in [0, 0.1) is 11.7 Å². The highest BCUT2D eigenvalue weighted by Crippen LogP contribution is 2.44. The number of fused-ring (bicyclic) bond motifs is 2. The number of hydrogen-bond donors (Lipinski definition) is 2. The zero-order chi connectivity index (χ0) is 26.9. The quantitative estimate of drug-likeness (QED) is 0.425. The predicted molar refractivity (Wildman–Crippen MR) is 138 cm³/mol. The third-order valence-corrected chi connectivity index (χ3v) is 8.48. The normalized spacial score (nSPS) is 21.0. The molecular formula is C29H33F4N3O2. The number of halogens is 4. The summed E-state index contributed by atoms with van der Waals surface area (Å²) in [6.07, 6.45) is 1.30. The molecule has 2 saturated heterocycles. The van der Waals surface area contributed by atoms with E-state index in [0.29, 0.717) is 38.0 Å². The third-order valence-electron chi connectivity index (χ3n) is 8.48. The minimum Gasteiger partial charge on any atom is -0.392 e. The van der Waals surface area contributed by atoms with Crippen molar-refractivity contribution in [1.29, 1.82) is 0 Å². The van der Waals surface area contributed by atoms with Gasteiger partial charge in [0.1, 0.15) is 5.82 Å². The third kappa shape index (κ3) is 5.73. The number of amides is 1. The van der Waals surface area contributed by atoms with Crippen LogP contribution in [0.3, 0.4) is 0 Å². The monoisotopic (exact) mass is 531 g/mol. The van der Waals surface area contributed by atoms with Gasteiger partial charge in [0.15, 0.2) is 0 Å². The van der Waals surface area contributed by atoms with Gasteiger partial charge in [0.25, 0.3) is 0 Å². The Hall–Kier alpha value is -2.91. The van der Waals surface area contributed by atoms with Crippen molar-refractivity contribution >= 4 is 17.7 Å². The van der Waals surface area contributed by atoms with Crippen molar-refractivity contribution in [3.63, 3.8) is 0 Å². The molecule has 5 rings (SSSR count). The molecule has 2 aromatic carbocycles. The molecule has 204 valence electrons. The molecule has 2 aromatic rings. The van der Waals surface area contributed by atoms with Crippen LogP contribution in [0.2, 0.25) is 0 Å². The molecule has 38 heavy (non-hydrogen) atoms. The van der Waals surface area contributed by atoms with Crippen molar-refractivity contribution in [2.24, 2.45) is 5.92 Å². The Morgan fingerprint density at radius 1 is 1.08 bits per heavy atom. The van der Waals surface area contributed by atoms with Crippen LogP contribution in [0.1, 0.15) is 42.4 Å². The Kier molecular flexibility index (Phi) is 7.51. The molecule has 1 unspecified atom stereocenters. The summed E-state index contributed by atoms with van der Waals surface area (Å²) >= 11 is 0. The molecule has 1 amide bonds. The van der Waals surface area contributed by atoms with Gasteiger partial charge in [-0.2, -0.15) is 13.2 Å². The summed E-state index contributed by atoms with van der Waals surface area (Å²) in [6.45, 7) is 4.18. The molecule has 3 aliphatic rings. The number of carbonyl (C=O) groups is 1. The number of aliphatic hydroxyl groups is 1. The smallest absolute Gasteiger partial charge is 0.392 e. The summed E-state index contributed by atoms with van der Waals surface area (Å²) in [5, 5.41) is 14.4. The number of β-amino-alcohol motifs (C(OH)–C–C–N with tert-alkyl or cyclic N) is 1. The van der Waals surface area contributed by atoms with E-state index in [-0.39, 0.29) is 23.1 Å². The van der Waals surface area contributed by atoms with Crippen molar-refractivity contribution in [2.45, 2.75) is 43.4 Å². The molecule has 1 atom stereocenters. The Balaban J connectivity index is 1.07. The molecule has 9 heteroatoms. The van der Waals surface area contributed by atoms with Crippen LogP contribution in [0.25, 0.3) is 6.08 Å². The van der Waals surface area contributed by atoms with Gasteiger partial charge in [-0.25, -0.2) is 4.39 Å². The lowest BCUT2D eigenvalue weighted by atomic mass is 9.74. The fourth-order valence-corrected chi connectivity index (χ4v) is 6.05. The molecule has 0 bridgehead atoms. The first kappa shape index (κ1) is 26.7. The number of hydrogen-bond acceptors (Lipinski definition) is 4. The number of piperidine rings is 2. The van der Waals surface area contributed by atoms with Crippen LogP contribution < -0.4 is 5.32 Å². The van der Waals surface area contributed by atoms with Crippen molar-refractivity contribution in [3.05, 3.63) is 71.0 Å².